The maximum Gasteiger partial charge on any atom is 0.416 e. The standard InChI is InChI=1S/C20H12F3N3O/c21-20(22,23)14-7-4-8-15(11-14)26-17(12-24)16-9-10-25-18(19(16)27)13-5-2-1-3-6-13/h1-11,27H. The Labute approximate surface area is 152 Å². The van der Waals surface area contributed by atoms with Crippen molar-refractivity contribution in [3.63, 3.8) is 0 Å². The smallest absolute Gasteiger partial charge is 0.416 e. The van der Waals surface area contributed by atoms with Gasteiger partial charge in [0.05, 0.1) is 16.8 Å². The van der Waals surface area contributed by atoms with Crippen LogP contribution in [0.2, 0.25) is 0 Å². The quantitative estimate of drug-likeness (QED) is 0.654. The Morgan fingerprint density at radius 3 is 2.44 bits per heavy atom. The lowest BCUT2D eigenvalue weighted by atomic mass is 10.0. The second-order valence-electron chi connectivity index (χ2n) is 5.54. The summed E-state index contributed by atoms with van der Waals surface area (Å²) >= 11 is 0. The van der Waals surface area contributed by atoms with Crippen LogP contribution in [-0.4, -0.2) is 15.8 Å². The summed E-state index contributed by atoms with van der Waals surface area (Å²) in [6, 6.07) is 16.3. The number of nitriles is 1. The Bertz CT molecular complexity index is 1040. The molecular weight excluding hydrogens is 355 g/mol. The lowest BCUT2D eigenvalue weighted by molar-refractivity contribution is -0.137. The van der Waals surface area contributed by atoms with E-state index in [4.69, 9.17) is 0 Å². The first-order valence-electron chi connectivity index (χ1n) is 7.80. The third-order valence-electron chi connectivity index (χ3n) is 3.75. The van der Waals surface area contributed by atoms with Crippen molar-refractivity contribution in [2.24, 2.45) is 4.99 Å². The van der Waals surface area contributed by atoms with E-state index in [0.29, 0.717) is 5.56 Å². The summed E-state index contributed by atoms with van der Waals surface area (Å²) in [7, 11) is 0. The van der Waals surface area contributed by atoms with Crippen LogP contribution < -0.4 is 0 Å². The van der Waals surface area contributed by atoms with Gasteiger partial charge < -0.3 is 5.11 Å². The summed E-state index contributed by atoms with van der Waals surface area (Å²) in [5, 5.41) is 20.0. The molecule has 1 N–H and O–H groups in total. The topological polar surface area (TPSA) is 69.3 Å². The minimum atomic E-state index is -4.52. The number of aromatic nitrogens is 1. The second-order valence-corrected chi connectivity index (χ2v) is 5.54. The summed E-state index contributed by atoms with van der Waals surface area (Å²) in [4.78, 5) is 8.10. The van der Waals surface area contributed by atoms with Gasteiger partial charge in [0.1, 0.15) is 11.8 Å². The SMILES string of the molecule is N#CC(=Nc1cccc(C(F)(F)F)c1)c1ccnc(-c2ccccc2)c1O. The van der Waals surface area contributed by atoms with Gasteiger partial charge in [-0.25, -0.2) is 4.99 Å². The summed E-state index contributed by atoms with van der Waals surface area (Å²) in [6.07, 6.45) is -3.12. The molecule has 0 unspecified atom stereocenters. The molecule has 0 amide bonds. The van der Waals surface area contributed by atoms with Gasteiger partial charge in [0, 0.05) is 11.8 Å². The minimum absolute atomic E-state index is 0.0427. The minimum Gasteiger partial charge on any atom is -0.505 e. The van der Waals surface area contributed by atoms with Gasteiger partial charge in [-0.05, 0) is 24.3 Å². The van der Waals surface area contributed by atoms with Crippen molar-refractivity contribution >= 4 is 11.4 Å². The lowest BCUT2D eigenvalue weighted by Crippen LogP contribution is -2.04. The lowest BCUT2D eigenvalue weighted by Gasteiger charge is -2.09. The highest BCUT2D eigenvalue weighted by Gasteiger charge is 2.30. The van der Waals surface area contributed by atoms with Gasteiger partial charge in [0.15, 0.2) is 11.5 Å². The zero-order chi connectivity index (χ0) is 19.4. The fraction of sp³-hybridized carbons (Fsp3) is 0.0500. The maximum atomic E-state index is 12.9. The van der Waals surface area contributed by atoms with E-state index < -0.39 is 11.7 Å². The highest BCUT2D eigenvalue weighted by Crippen LogP contribution is 2.33. The molecule has 0 aliphatic carbocycles. The van der Waals surface area contributed by atoms with Gasteiger partial charge in [0.25, 0.3) is 0 Å². The van der Waals surface area contributed by atoms with Crippen LogP contribution in [0, 0.1) is 11.3 Å². The molecule has 27 heavy (non-hydrogen) atoms. The van der Waals surface area contributed by atoms with Crippen LogP contribution in [0.1, 0.15) is 11.1 Å². The second kappa shape index (κ2) is 7.30. The molecule has 4 nitrogen and oxygen atoms in total. The molecule has 0 aliphatic heterocycles. The Kier molecular flexibility index (Phi) is 4.90. The highest BCUT2D eigenvalue weighted by molar-refractivity contribution is 6.15. The molecule has 0 radical (unpaired) electrons. The molecule has 134 valence electrons. The molecule has 0 atom stereocenters. The van der Waals surface area contributed by atoms with Crippen LogP contribution >= 0.6 is 0 Å². The van der Waals surface area contributed by atoms with Gasteiger partial charge in [-0.15, -0.1) is 0 Å². The number of hydrogen-bond acceptors (Lipinski definition) is 4. The summed E-state index contributed by atoms with van der Waals surface area (Å²) in [5.41, 5.74) is -0.160. The zero-order valence-corrected chi connectivity index (χ0v) is 13.8. The number of alkyl halides is 3. The zero-order valence-electron chi connectivity index (χ0n) is 13.8. The predicted molar refractivity (Wildman–Crippen MR) is 94.6 cm³/mol. The number of benzene rings is 2. The summed E-state index contributed by atoms with van der Waals surface area (Å²) < 4.78 is 38.6. The van der Waals surface area contributed by atoms with Crippen molar-refractivity contribution in [3.8, 4) is 23.1 Å². The Morgan fingerprint density at radius 2 is 1.78 bits per heavy atom. The molecule has 0 spiro atoms. The third-order valence-corrected chi connectivity index (χ3v) is 3.75. The van der Waals surface area contributed by atoms with Gasteiger partial charge >= 0.3 is 6.18 Å². The fourth-order valence-corrected chi connectivity index (χ4v) is 2.48. The number of hydrogen-bond donors (Lipinski definition) is 1. The predicted octanol–water partition coefficient (Wildman–Crippen LogP) is 5.12. The van der Waals surface area contributed by atoms with E-state index in [0.717, 1.165) is 12.1 Å². The van der Waals surface area contributed by atoms with E-state index in [2.05, 4.69) is 9.98 Å². The van der Waals surface area contributed by atoms with E-state index in [-0.39, 0.29) is 28.4 Å². The summed E-state index contributed by atoms with van der Waals surface area (Å²) in [6.45, 7) is 0. The van der Waals surface area contributed by atoms with Crippen LogP contribution in [0.25, 0.3) is 11.3 Å². The van der Waals surface area contributed by atoms with Crippen LogP contribution in [0.15, 0.2) is 71.9 Å². The molecule has 0 saturated heterocycles. The molecule has 3 rings (SSSR count). The van der Waals surface area contributed by atoms with Gasteiger partial charge in [-0.2, -0.15) is 18.4 Å². The molecule has 0 saturated carbocycles. The summed E-state index contributed by atoms with van der Waals surface area (Å²) in [5.74, 6) is -0.268. The first kappa shape index (κ1) is 18.1. The van der Waals surface area contributed by atoms with E-state index >= 15 is 0 Å². The van der Waals surface area contributed by atoms with Crippen molar-refractivity contribution < 1.29 is 18.3 Å². The molecule has 0 aliphatic rings. The molecule has 0 fully saturated rings. The maximum absolute atomic E-state index is 12.9. The molecule has 0 bridgehead atoms. The average molecular weight is 367 g/mol. The van der Waals surface area contributed by atoms with Crippen LogP contribution in [0.3, 0.4) is 0 Å². The normalized spacial score (nSPS) is 11.9. The van der Waals surface area contributed by atoms with E-state index in [9.17, 15) is 23.5 Å². The molecule has 3 aromatic rings. The van der Waals surface area contributed by atoms with Gasteiger partial charge in [-0.1, -0.05) is 36.4 Å². The number of aliphatic imine (C=N–C) groups is 1. The Balaban J connectivity index is 2.07. The molecule has 1 heterocycles. The van der Waals surface area contributed by atoms with Crippen molar-refractivity contribution in [3.05, 3.63) is 78.0 Å². The van der Waals surface area contributed by atoms with Crippen LogP contribution in [-0.2, 0) is 6.18 Å². The fourth-order valence-electron chi connectivity index (χ4n) is 2.48. The molecule has 1 aromatic heterocycles. The van der Waals surface area contributed by atoms with E-state index in [1.54, 1.807) is 30.3 Å². The number of aromatic hydroxyl groups is 1. The van der Waals surface area contributed by atoms with Crippen molar-refractivity contribution in [1.82, 2.24) is 4.98 Å². The van der Waals surface area contributed by atoms with Crippen LogP contribution in [0.5, 0.6) is 5.75 Å². The van der Waals surface area contributed by atoms with Crippen molar-refractivity contribution in [2.45, 2.75) is 6.18 Å². The van der Waals surface area contributed by atoms with Gasteiger partial charge in [0.2, 0.25) is 0 Å². The Morgan fingerprint density at radius 1 is 1.04 bits per heavy atom. The number of halogens is 3. The largest absolute Gasteiger partial charge is 0.505 e. The van der Waals surface area contributed by atoms with Gasteiger partial charge in [-0.3, -0.25) is 4.98 Å². The van der Waals surface area contributed by atoms with Crippen LogP contribution in [0.4, 0.5) is 18.9 Å². The van der Waals surface area contributed by atoms with Crippen molar-refractivity contribution in [2.75, 3.05) is 0 Å². The monoisotopic (exact) mass is 367 g/mol. The average Bonchev–Trinajstić information content (AvgIpc) is 2.67. The third kappa shape index (κ3) is 3.96. The highest BCUT2D eigenvalue weighted by atomic mass is 19.4. The number of rotatable bonds is 3. The number of nitrogens with zero attached hydrogens (tertiary/aromatic N) is 3. The van der Waals surface area contributed by atoms with E-state index in [1.165, 1.54) is 24.4 Å². The molecule has 7 heteroatoms. The molecular formula is C20H12F3N3O. The van der Waals surface area contributed by atoms with E-state index in [1.807, 2.05) is 6.07 Å². The van der Waals surface area contributed by atoms with Crippen molar-refractivity contribution in [1.29, 1.82) is 5.26 Å². The molecule has 2 aromatic carbocycles. The first-order chi connectivity index (χ1) is 12.9. The Hall–Kier alpha value is -3.66. The first-order valence-corrected chi connectivity index (χ1v) is 7.80. The number of pyridine rings is 1.